The molecule has 0 saturated carbocycles. The van der Waals surface area contributed by atoms with Gasteiger partial charge in [-0.2, -0.15) is 0 Å². The Morgan fingerprint density at radius 3 is 2.75 bits per heavy atom. The largest absolute Gasteiger partial charge is 0.294 e. The van der Waals surface area contributed by atoms with Crippen LogP contribution in [-0.4, -0.2) is 5.78 Å². The zero-order chi connectivity index (χ0) is 13.7. The van der Waals surface area contributed by atoms with Crippen molar-refractivity contribution in [1.82, 2.24) is 0 Å². The summed E-state index contributed by atoms with van der Waals surface area (Å²) >= 11 is 1.67. The van der Waals surface area contributed by atoms with Gasteiger partial charge in [0.2, 0.25) is 0 Å². The van der Waals surface area contributed by atoms with Crippen LogP contribution in [0.4, 0.5) is 0 Å². The second-order valence-electron chi connectivity index (χ2n) is 5.33. The highest BCUT2D eigenvalue weighted by molar-refractivity contribution is 7.17. The molecule has 0 amide bonds. The number of hydrogen-bond donors (Lipinski definition) is 0. The standard InChI is InChI=1S/C18H14OS/c1-11(19)16-10-13-7-6-12-4-2-3-5-14(12)17(13)15-8-9-20-18(15)16/h2-5,8-10H,6-7H2,1H3. The summed E-state index contributed by atoms with van der Waals surface area (Å²) in [6, 6.07) is 12.9. The summed E-state index contributed by atoms with van der Waals surface area (Å²) in [6.07, 6.45) is 2.09. The van der Waals surface area contributed by atoms with Gasteiger partial charge in [-0.1, -0.05) is 24.3 Å². The Kier molecular flexibility index (Phi) is 2.54. The second kappa shape index (κ2) is 4.29. The molecule has 2 aromatic carbocycles. The zero-order valence-corrected chi connectivity index (χ0v) is 12.1. The molecule has 0 radical (unpaired) electrons. The van der Waals surface area contributed by atoms with Crippen LogP contribution in [0.2, 0.25) is 0 Å². The molecule has 0 N–H and O–H groups in total. The molecule has 1 heterocycles. The predicted octanol–water partition coefficient (Wildman–Crippen LogP) is 4.87. The van der Waals surface area contributed by atoms with E-state index in [1.54, 1.807) is 18.3 Å². The summed E-state index contributed by atoms with van der Waals surface area (Å²) in [5, 5.41) is 3.33. The molecule has 0 atom stereocenters. The van der Waals surface area contributed by atoms with E-state index in [0.29, 0.717) is 0 Å². The third-order valence-corrected chi connectivity index (χ3v) is 5.10. The molecular weight excluding hydrogens is 264 g/mol. The molecule has 4 rings (SSSR count). The highest BCUT2D eigenvalue weighted by Gasteiger charge is 2.21. The molecule has 1 aromatic heterocycles. The number of carbonyl (C=O) groups is 1. The van der Waals surface area contributed by atoms with E-state index in [1.165, 1.54) is 27.6 Å². The van der Waals surface area contributed by atoms with Gasteiger partial charge < -0.3 is 0 Å². The van der Waals surface area contributed by atoms with E-state index in [1.807, 2.05) is 0 Å². The third-order valence-electron chi connectivity index (χ3n) is 4.15. The van der Waals surface area contributed by atoms with E-state index >= 15 is 0 Å². The van der Waals surface area contributed by atoms with Gasteiger partial charge in [-0.3, -0.25) is 4.79 Å². The molecule has 0 spiro atoms. The zero-order valence-electron chi connectivity index (χ0n) is 11.3. The third kappa shape index (κ3) is 1.58. The predicted molar refractivity (Wildman–Crippen MR) is 84.7 cm³/mol. The molecule has 0 saturated heterocycles. The Morgan fingerprint density at radius 1 is 1.10 bits per heavy atom. The van der Waals surface area contributed by atoms with Gasteiger partial charge in [-0.15, -0.1) is 11.3 Å². The van der Waals surface area contributed by atoms with Gasteiger partial charge in [0.15, 0.2) is 5.78 Å². The summed E-state index contributed by atoms with van der Waals surface area (Å²) in [6.45, 7) is 1.66. The van der Waals surface area contributed by atoms with Gasteiger partial charge in [-0.25, -0.2) is 0 Å². The van der Waals surface area contributed by atoms with Crippen molar-refractivity contribution in [3.8, 4) is 11.1 Å². The number of thiophene rings is 1. The summed E-state index contributed by atoms with van der Waals surface area (Å²) in [4.78, 5) is 11.9. The van der Waals surface area contributed by atoms with E-state index in [4.69, 9.17) is 0 Å². The minimum absolute atomic E-state index is 0.166. The number of Topliss-reactive ketones (excluding diaryl/α,β-unsaturated/α-hetero) is 1. The summed E-state index contributed by atoms with van der Waals surface area (Å²) in [5.41, 5.74) is 6.30. The molecular formula is C18H14OS. The topological polar surface area (TPSA) is 17.1 Å². The van der Waals surface area contributed by atoms with E-state index in [-0.39, 0.29) is 5.78 Å². The molecule has 1 aliphatic carbocycles. The van der Waals surface area contributed by atoms with Crippen LogP contribution in [0.5, 0.6) is 0 Å². The highest BCUT2D eigenvalue weighted by atomic mass is 32.1. The maximum Gasteiger partial charge on any atom is 0.161 e. The van der Waals surface area contributed by atoms with Gasteiger partial charge in [-0.05, 0) is 59.5 Å². The highest BCUT2D eigenvalue weighted by Crippen LogP contribution is 2.41. The lowest BCUT2D eigenvalue weighted by atomic mass is 9.83. The van der Waals surface area contributed by atoms with Crippen LogP contribution >= 0.6 is 11.3 Å². The van der Waals surface area contributed by atoms with E-state index in [2.05, 4.69) is 41.8 Å². The SMILES string of the molecule is CC(=O)c1cc2c(c3ccsc13)-c1ccccc1CC2. The lowest BCUT2D eigenvalue weighted by molar-refractivity contribution is 0.101. The van der Waals surface area contributed by atoms with Crippen LogP contribution < -0.4 is 0 Å². The molecule has 2 heteroatoms. The molecule has 0 bridgehead atoms. The lowest BCUT2D eigenvalue weighted by Gasteiger charge is -2.21. The average molecular weight is 278 g/mol. The number of benzene rings is 2. The number of hydrogen-bond acceptors (Lipinski definition) is 2. The Balaban J connectivity index is 2.14. The minimum atomic E-state index is 0.166. The van der Waals surface area contributed by atoms with Gasteiger partial charge >= 0.3 is 0 Å². The first-order chi connectivity index (χ1) is 9.75. The lowest BCUT2D eigenvalue weighted by Crippen LogP contribution is -2.06. The van der Waals surface area contributed by atoms with Gasteiger partial charge in [0.25, 0.3) is 0 Å². The van der Waals surface area contributed by atoms with E-state index in [9.17, 15) is 4.79 Å². The van der Waals surface area contributed by atoms with Crippen LogP contribution in [0.3, 0.4) is 0 Å². The van der Waals surface area contributed by atoms with Gasteiger partial charge in [0.05, 0.1) is 0 Å². The fourth-order valence-corrected chi connectivity index (χ4v) is 4.19. The van der Waals surface area contributed by atoms with Crippen molar-refractivity contribution in [1.29, 1.82) is 0 Å². The van der Waals surface area contributed by atoms with Crippen LogP contribution in [0.25, 0.3) is 21.2 Å². The van der Waals surface area contributed by atoms with Gasteiger partial charge in [0.1, 0.15) is 0 Å². The van der Waals surface area contributed by atoms with Crippen molar-refractivity contribution in [2.45, 2.75) is 19.8 Å². The Morgan fingerprint density at radius 2 is 1.90 bits per heavy atom. The minimum Gasteiger partial charge on any atom is -0.294 e. The Bertz CT molecular complexity index is 842. The van der Waals surface area contributed by atoms with E-state index < -0.39 is 0 Å². The molecule has 0 unspecified atom stereocenters. The van der Waals surface area contributed by atoms with Crippen LogP contribution in [0.15, 0.2) is 41.8 Å². The first kappa shape index (κ1) is 11.9. The van der Waals surface area contributed by atoms with Crippen LogP contribution in [-0.2, 0) is 12.8 Å². The number of ketones is 1. The number of rotatable bonds is 1. The maximum absolute atomic E-state index is 11.9. The van der Waals surface area contributed by atoms with Crippen molar-refractivity contribution < 1.29 is 4.79 Å². The molecule has 1 aliphatic rings. The quantitative estimate of drug-likeness (QED) is 0.580. The Labute approximate surface area is 121 Å². The molecule has 1 nitrogen and oxygen atoms in total. The van der Waals surface area contributed by atoms with Crippen molar-refractivity contribution in [2.75, 3.05) is 0 Å². The molecule has 3 aromatic rings. The summed E-state index contributed by atoms with van der Waals surface area (Å²) in [7, 11) is 0. The first-order valence-electron chi connectivity index (χ1n) is 6.88. The first-order valence-corrected chi connectivity index (χ1v) is 7.76. The molecule has 20 heavy (non-hydrogen) atoms. The van der Waals surface area contributed by atoms with Crippen LogP contribution in [0, 0.1) is 0 Å². The Hall–Kier alpha value is -1.93. The number of fused-ring (bicyclic) bond motifs is 5. The fourth-order valence-electron chi connectivity index (χ4n) is 3.23. The van der Waals surface area contributed by atoms with E-state index in [0.717, 1.165) is 23.1 Å². The molecule has 98 valence electrons. The monoisotopic (exact) mass is 278 g/mol. The van der Waals surface area contributed by atoms with Crippen LogP contribution in [0.1, 0.15) is 28.4 Å². The maximum atomic E-state index is 11.9. The van der Waals surface area contributed by atoms with Crippen molar-refractivity contribution in [2.24, 2.45) is 0 Å². The fraction of sp³-hybridized carbons (Fsp3) is 0.167. The van der Waals surface area contributed by atoms with Crippen molar-refractivity contribution >= 4 is 27.2 Å². The normalized spacial score (nSPS) is 13.1. The van der Waals surface area contributed by atoms with Crippen molar-refractivity contribution in [3.63, 3.8) is 0 Å². The van der Waals surface area contributed by atoms with Gasteiger partial charge in [0, 0.05) is 15.6 Å². The number of aryl methyl sites for hydroxylation is 2. The number of carbonyl (C=O) groups excluding carboxylic acids is 1. The second-order valence-corrected chi connectivity index (χ2v) is 6.25. The molecule has 0 fully saturated rings. The van der Waals surface area contributed by atoms with Crippen molar-refractivity contribution in [3.05, 3.63) is 58.5 Å². The summed E-state index contributed by atoms with van der Waals surface area (Å²) in [5.74, 6) is 0.166. The molecule has 0 aliphatic heterocycles. The smallest absolute Gasteiger partial charge is 0.161 e. The summed E-state index contributed by atoms with van der Waals surface area (Å²) < 4.78 is 1.13. The average Bonchev–Trinajstić information content (AvgIpc) is 2.94.